The Morgan fingerprint density at radius 2 is 1.82 bits per heavy atom. The number of nitrogens with one attached hydrogen (secondary N) is 2. The molecule has 0 bridgehead atoms. The lowest BCUT2D eigenvalue weighted by molar-refractivity contribution is -0.949. The molecule has 7 nitrogen and oxygen atoms in total. The first-order chi connectivity index (χ1) is 13.5. The van der Waals surface area contributed by atoms with Crippen LogP contribution in [-0.4, -0.2) is 49.3 Å². The number of nitrogens with zero attached hydrogens (tertiary/aromatic N) is 1. The maximum atomic E-state index is 12.4. The van der Waals surface area contributed by atoms with Crippen molar-refractivity contribution in [2.24, 2.45) is 5.73 Å². The fraction of sp³-hybridized carbons (Fsp3) is 0.368. The predicted octanol–water partition coefficient (Wildman–Crippen LogP) is 3.05. The average molecular weight is 422 g/mol. The molecule has 3 heterocycles. The van der Waals surface area contributed by atoms with Crippen LogP contribution in [0.2, 0.25) is 5.02 Å². The molecule has 1 aromatic carbocycles. The summed E-state index contributed by atoms with van der Waals surface area (Å²) in [7, 11) is 0. The number of benzene rings is 1. The van der Waals surface area contributed by atoms with E-state index in [4.69, 9.17) is 22.1 Å². The van der Waals surface area contributed by atoms with E-state index in [0.29, 0.717) is 21.3 Å². The number of morpholine rings is 1. The fourth-order valence-electron chi connectivity index (χ4n) is 3.90. The molecule has 2 aliphatic heterocycles. The molecule has 4 N–H and O–H groups in total. The monoisotopic (exact) mass is 421 g/mol. The fourth-order valence-corrected chi connectivity index (χ4v) is 5.40. The molecule has 28 heavy (non-hydrogen) atoms. The van der Waals surface area contributed by atoms with E-state index in [1.807, 2.05) is 0 Å². The molecule has 0 atom stereocenters. The SMILES string of the molecule is NC(=O)c1c(NC(=O)Nc2ccc(Cl)cc2)sc2c1CC[N+]1(CCOCC1)C2. The summed E-state index contributed by atoms with van der Waals surface area (Å²) < 4.78 is 6.48. The van der Waals surface area contributed by atoms with E-state index in [9.17, 15) is 9.59 Å². The number of anilines is 2. The third-order valence-corrected chi connectivity index (χ3v) is 6.79. The van der Waals surface area contributed by atoms with E-state index in [2.05, 4.69) is 10.6 Å². The van der Waals surface area contributed by atoms with E-state index in [1.165, 1.54) is 11.3 Å². The topological polar surface area (TPSA) is 93.5 Å². The van der Waals surface area contributed by atoms with Crippen LogP contribution in [0, 0.1) is 0 Å². The minimum atomic E-state index is -0.505. The highest BCUT2D eigenvalue weighted by Crippen LogP contribution is 2.39. The standard InChI is InChI=1S/C19H21ClN4O3S/c20-12-1-3-13(4-2-12)22-19(26)23-18-16(17(21)25)14-5-6-24(11-15(14)28-18)7-9-27-10-8-24/h1-4H,5-11H2,(H3-,21,22,23,25,26)/p+1. The average Bonchev–Trinajstić information content (AvgIpc) is 3.01. The molecule has 9 heteroatoms. The number of ether oxygens (including phenoxy) is 1. The zero-order valence-electron chi connectivity index (χ0n) is 15.3. The van der Waals surface area contributed by atoms with Gasteiger partial charge in [-0.1, -0.05) is 11.6 Å². The van der Waals surface area contributed by atoms with Crippen molar-refractivity contribution in [2.45, 2.75) is 13.0 Å². The van der Waals surface area contributed by atoms with Gasteiger partial charge in [-0.25, -0.2) is 4.79 Å². The van der Waals surface area contributed by atoms with Gasteiger partial charge in [0.2, 0.25) is 0 Å². The maximum absolute atomic E-state index is 12.4. The van der Waals surface area contributed by atoms with Crippen molar-refractivity contribution in [3.05, 3.63) is 45.3 Å². The van der Waals surface area contributed by atoms with Gasteiger partial charge in [0.1, 0.15) is 24.6 Å². The van der Waals surface area contributed by atoms with Crippen molar-refractivity contribution in [1.29, 1.82) is 0 Å². The summed E-state index contributed by atoms with van der Waals surface area (Å²) in [4.78, 5) is 25.7. The normalized spacial score (nSPS) is 17.8. The first-order valence-electron chi connectivity index (χ1n) is 9.16. The first-order valence-corrected chi connectivity index (χ1v) is 10.4. The van der Waals surface area contributed by atoms with Crippen molar-refractivity contribution >= 4 is 45.6 Å². The molecule has 0 aliphatic carbocycles. The quantitative estimate of drug-likeness (QED) is 0.665. The maximum Gasteiger partial charge on any atom is 0.324 e. The molecule has 1 spiro atoms. The van der Waals surface area contributed by atoms with Gasteiger partial charge >= 0.3 is 6.03 Å². The number of thiophene rings is 1. The number of quaternary nitrogens is 1. The number of amides is 3. The molecule has 148 valence electrons. The molecule has 0 unspecified atom stereocenters. The predicted molar refractivity (Wildman–Crippen MR) is 110 cm³/mol. The molecule has 2 aromatic rings. The van der Waals surface area contributed by atoms with Crippen LogP contribution >= 0.6 is 22.9 Å². The summed E-state index contributed by atoms with van der Waals surface area (Å²) >= 11 is 7.31. The van der Waals surface area contributed by atoms with Crippen LogP contribution < -0.4 is 16.4 Å². The number of fused-ring (bicyclic) bond motifs is 1. The van der Waals surface area contributed by atoms with Crippen molar-refractivity contribution in [3.63, 3.8) is 0 Å². The highest BCUT2D eigenvalue weighted by atomic mass is 35.5. The number of hydrogen-bond donors (Lipinski definition) is 3. The van der Waals surface area contributed by atoms with Gasteiger partial charge in [-0.2, -0.15) is 0 Å². The third kappa shape index (κ3) is 3.86. The number of carbonyl (C=O) groups is 2. The Morgan fingerprint density at radius 3 is 2.50 bits per heavy atom. The Kier molecular flexibility index (Phi) is 5.29. The number of hydrogen-bond acceptors (Lipinski definition) is 4. The number of halogens is 1. The van der Waals surface area contributed by atoms with E-state index in [0.717, 1.165) is 60.7 Å². The lowest BCUT2D eigenvalue weighted by atomic mass is 10.00. The van der Waals surface area contributed by atoms with Crippen LogP contribution in [0.15, 0.2) is 24.3 Å². The number of urea groups is 1. The van der Waals surface area contributed by atoms with Crippen LogP contribution in [0.25, 0.3) is 0 Å². The van der Waals surface area contributed by atoms with Crippen LogP contribution in [0.1, 0.15) is 20.8 Å². The van der Waals surface area contributed by atoms with E-state index < -0.39 is 11.9 Å². The van der Waals surface area contributed by atoms with Crippen molar-refractivity contribution in [2.75, 3.05) is 43.5 Å². The Hall–Kier alpha value is -2.13. The molecule has 2 aliphatic rings. The number of nitrogens with two attached hydrogens (primary N) is 1. The molecule has 1 fully saturated rings. The van der Waals surface area contributed by atoms with Crippen LogP contribution in [0.5, 0.6) is 0 Å². The van der Waals surface area contributed by atoms with Crippen LogP contribution in [0.4, 0.5) is 15.5 Å². The number of rotatable bonds is 3. The highest BCUT2D eigenvalue weighted by molar-refractivity contribution is 7.17. The Morgan fingerprint density at radius 1 is 1.11 bits per heavy atom. The van der Waals surface area contributed by atoms with Crippen LogP contribution in [0.3, 0.4) is 0 Å². The molecule has 3 amide bonds. The molecule has 1 aromatic heterocycles. The van der Waals surface area contributed by atoms with Gasteiger partial charge in [-0.15, -0.1) is 11.3 Å². The van der Waals surface area contributed by atoms with Crippen molar-refractivity contribution < 1.29 is 18.8 Å². The van der Waals surface area contributed by atoms with E-state index >= 15 is 0 Å². The first kappa shape index (κ1) is 19.2. The van der Waals surface area contributed by atoms with Gasteiger partial charge in [-0.05, 0) is 29.8 Å². The molecule has 1 saturated heterocycles. The number of primary amides is 1. The minimum Gasteiger partial charge on any atom is -0.370 e. The van der Waals surface area contributed by atoms with E-state index in [-0.39, 0.29) is 0 Å². The summed E-state index contributed by atoms with van der Waals surface area (Å²) in [6.45, 7) is 5.29. The summed E-state index contributed by atoms with van der Waals surface area (Å²) in [5.41, 5.74) is 7.69. The molecule has 0 saturated carbocycles. The molecular formula is C19H22ClN4O3S+. The summed E-state index contributed by atoms with van der Waals surface area (Å²) in [5.74, 6) is -0.505. The highest BCUT2D eigenvalue weighted by Gasteiger charge is 2.38. The zero-order chi connectivity index (χ0) is 19.7. The smallest absolute Gasteiger partial charge is 0.324 e. The Labute approximate surface area is 172 Å². The zero-order valence-corrected chi connectivity index (χ0v) is 16.9. The molecule has 0 radical (unpaired) electrons. The molecular weight excluding hydrogens is 400 g/mol. The van der Waals surface area contributed by atoms with Gasteiger partial charge in [0.25, 0.3) is 5.91 Å². The summed E-state index contributed by atoms with van der Waals surface area (Å²) in [6, 6.07) is 6.40. The van der Waals surface area contributed by atoms with Gasteiger partial charge < -0.3 is 20.3 Å². The van der Waals surface area contributed by atoms with Gasteiger partial charge in [0.05, 0.1) is 30.2 Å². The van der Waals surface area contributed by atoms with Crippen molar-refractivity contribution in [1.82, 2.24) is 0 Å². The van der Waals surface area contributed by atoms with Crippen molar-refractivity contribution in [3.8, 4) is 0 Å². The second-order valence-corrected chi connectivity index (χ2v) is 8.73. The second-order valence-electron chi connectivity index (χ2n) is 7.19. The van der Waals surface area contributed by atoms with Crippen LogP contribution in [-0.2, 0) is 17.7 Å². The minimum absolute atomic E-state index is 0.418. The Bertz CT molecular complexity index is 907. The number of carbonyl (C=O) groups excluding carboxylic acids is 2. The third-order valence-electron chi connectivity index (χ3n) is 5.40. The Balaban J connectivity index is 1.55. The van der Waals surface area contributed by atoms with Gasteiger partial charge in [0, 0.05) is 17.1 Å². The lowest BCUT2D eigenvalue weighted by Crippen LogP contribution is -2.56. The van der Waals surface area contributed by atoms with Gasteiger partial charge in [-0.3, -0.25) is 10.1 Å². The summed E-state index contributed by atoms with van der Waals surface area (Å²) in [6.07, 6.45) is 0.782. The molecule has 4 rings (SSSR count). The second kappa shape index (κ2) is 7.71. The lowest BCUT2D eigenvalue weighted by Gasteiger charge is -2.43. The summed E-state index contributed by atoms with van der Waals surface area (Å²) in [5, 5.41) is 6.66. The largest absolute Gasteiger partial charge is 0.370 e. The van der Waals surface area contributed by atoms with Gasteiger partial charge in [0.15, 0.2) is 0 Å². The van der Waals surface area contributed by atoms with E-state index in [1.54, 1.807) is 24.3 Å².